The summed E-state index contributed by atoms with van der Waals surface area (Å²) in [7, 11) is 0. The van der Waals surface area contributed by atoms with E-state index in [-0.39, 0.29) is 0 Å². The maximum atomic E-state index is 5.88. The van der Waals surface area contributed by atoms with Gasteiger partial charge in [0.1, 0.15) is 5.82 Å². The Morgan fingerprint density at radius 2 is 2.36 bits per heavy atom. The minimum Gasteiger partial charge on any atom is -0.382 e. The standard InChI is InChI=1S/C9H14N4O/c10-9-7-1-2-11-3-8(7)13(12-9)6-4-14-5-6/h6,11H,1-5H2,(H2,10,12). The van der Waals surface area contributed by atoms with Crippen molar-refractivity contribution in [2.75, 3.05) is 25.5 Å². The number of aromatic nitrogens is 2. The van der Waals surface area contributed by atoms with E-state index in [1.807, 2.05) is 4.68 Å². The Morgan fingerprint density at radius 1 is 1.50 bits per heavy atom. The first-order chi connectivity index (χ1) is 6.86. The predicted molar refractivity (Wildman–Crippen MR) is 51.9 cm³/mol. The second-order valence-electron chi connectivity index (χ2n) is 3.87. The molecule has 0 aliphatic carbocycles. The Hall–Kier alpha value is -1.07. The van der Waals surface area contributed by atoms with Crippen LogP contribution in [0.15, 0.2) is 0 Å². The molecule has 0 amide bonds. The van der Waals surface area contributed by atoms with Crippen LogP contribution in [-0.4, -0.2) is 29.5 Å². The Bertz CT molecular complexity index is 356. The van der Waals surface area contributed by atoms with Crippen molar-refractivity contribution < 1.29 is 4.74 Å². The molecule has 0 atom stereocenters. The number of nitrogens with two attached hydrogens (primary N) is 1. The van der Waals surface area contributed by atoms with E-state index >= 15 is 0 Å². The van der Waals surface area contributed by atoms with Crippen LogP contribution >= 0.6 is 0 Å². The lowest BCUT2D eigenvalue weighted by molar-refractivity contribution is -0.0299. The normalized spacial score (nSPS) is 21.7. The van der Waals surface area contributed by atoms with Gasteiger partial charge in [-0.3, -0.25) is 4.68 Å². The third-order valence-corrected chi connectivity index (χ3v) is 2.96. The SMILES string of the molecule is Nc1nn(C2COC2)c2c1CCNC2. The van der Waals surface area contributed by atoms with Gasteiger partial charge in [0.15, 0.2) is 0 Å². The van der Waals surface area contributed by atoms with Gasteiger partial charge in [0.05, 0.1) is 24.9 Å². The van der Waals surface area contributed by atoms with Crippen LogP contribution < -0.4 is 11.1 Å². The van der Waals surface area contributed by atoms with E-state index in [9.17, 15) is 0 Å². The van der Waals surface area contributed by atoms with Gasteiger partial charge in [0, 0.05) is 12.1 Å². The van der Waals surface area contributed by atoms with E-state index in [1.54, 1.807) is 0 Å². The van der Waals surface area contributed by atoms with Gasteiger partial charge in [-0.15, -0.1) is 0 Å². The molecule has 0 aromatic carbocycles. The van der Waals surface area contributed by atoms with Gasteiger partial charge in [0.2, 0.25) is 0 Å². The number of nitrogen functional groups attached to an aromatic ring is 1. The molecule has 76 valence electrons. The van der Waals surface area contributed by atoms with Crippen LogP contribution in [0.3, 0.4) is 0 Å². The molecule has 1 fully saturated rings. The lowest BCUT2D eigenvalue weighted by atomic mass is 10.1. The highest BCUT2D eigenvalue weighted by Crippen LogP contribution is 2.26. The van der Waals surface area contributed by atoms with Gasteiger partial charge in [-0.1, -0.05) is 0 Å². The third-order valence-electron chi connectivity index (χ3n) is 2.96. The zero-order valence-corrected chi connectivity index (χ0v) is 7.99. The van der Waals surface area contributed by atoms with Gasteiger partial charge in [-0.25, -0.2) is 0 Å². The smallest absolute Gasteiger partial charge is 0.149 e. The number of nitrogens with one attached hydrogen (secondary N) is 1. The molecule has 0 unspecified atom stereocenters. The highest BCUT2D eigenvalue weighted by atomic mass is 16.5. The summed E-state index contributed by atoms with van der Waals surface area (Å²) in [5, 5.41) is 7.73. The van der Waals surface area contributed by atoms with Gasteiger partial charge in [-0.05, 0) is 13.0 Å². The molecular formula is C9H14N4O. The summed E-state index contributed by atoms with van der Waals surface area (Å²) >= 11 is 0. The highest BCUT2D eigenvalue weighted by Gasteiger charge is 2.27. The molecular weight excluding hydrogens is 180 g/mol. The first-order valence-corrected chi connectivity index (χ1v) is 5.00. The van der Waals surface area contributed by atoms with Crippen molar-refractivity contribution in [3.8, 4) is 0 Å². The number of nitrogens with zero attached hydrogens (tertiary/aromatic N) is 2. The van der Waals surface area contributed by atoms with E-state index in [1.165, 1.54) is 11.3 Å². The molecule has 2 aliphatic rings. The van der Waals surface area contributed by atoms with Gasteiger partial charge in [-0.2, -0.15) is 5.10 Å². The Kier molecular flexibility index (Phi) is 1.75. The monoisotopic (exact) mass is 194 g/mol. The highest BCUT2D eigenvalue weighted by molar-refractivity contribution is 5.44. The summed E-state index contributed by atoms with van der Waals surface area (Å²) in [6.07, 6.45) is 0.995. The molecule has 0 radical (unpaired) electrons. The van der Waals surface area contributed by atoms with Crippen LogP contribution in [0.4, 0.5) is 5.82 Å². The van der Waals surface area contributed by atoms with Crippen molar-refractivity contribution in [1.29, 1.82) is 0 Å². The third kappa shape index (κ3) is 1.06. The fourth-order valence-electron chi connectivity index (χ4n) is 2.07. The predicted octanol–water partition coefficient (Wildman–Crippen LogP) is -0.318. The summed E-state index contributed by atoms with van der Waals surface area (Å²) in [6.45, 7) is 3.43. The van der Waals surface area contributed by atoms with Crippen LogP contribution in [0, 0.1) is 0 Å². The van der Waals surface area contributed by atoms with Crippen LogP contribution in [0.25, 0.3) is 0 Å². The topological polar surface area (TPSA) is 65.1 Å². The Balaban J connectivity index is 2.02. The molecule has 1 aromatic heterocycles. The minimum atomic E-state index is 0.404. The first-order valence-electron chi connectivity index (χ1n) is 5.00. The molecule has 14 heavy (non-hydrogen) atoms. The zero-order chi connectivity index (χ0) is 9.54. The molecule has 1 saturated heterocycles. The van der Waals surface area contributed by atoms with Crippen LogP contribution in [-0.2, 0) is 17.7 Å². The largest absolute Gasteiger partial charge is 0.382 e. The van der Waals surface area contributed by atoms with Gasteiger partial charge < -0.3 is 15.8 Å². The summed E-state index contributed by atoms with van der Waals surface area (Å²) in [6, 6.07) is 0.404. The maximum Gasteiger partial charge on any atom is 0.149 e. The lowest BCUT2D eigenvalue weighted by Crippen LogP contribution is -2.34. The fraction of sp³-hybridized carbons (Fsp3) is 0.667. The van der Waals surface area contributed by atoms with Crippen LogP contribution in [0.2, 0.25) is 0 Å². The van der Waals surface area contributed by atoms with E-state index in [4.69, 9.17) is 10.5 Å². The molecule has 1 aromatic rings. The molecule has 3 rings (SSSR count). The van der Waals surface area contributed by atoms with Crippen LogP contribution in [0.5, 0.6) is 0 Å². The second-order valence-corrected chi connectivity index (χ2v) is 3.87. The molecule has 0 saturated carbocycles. The lowest BCUT2D eigenvalue weighted by Gasteiger charge is -2.28. The molecule has 0 bridgehead atoms. The van der Waals surface area contributed by atoms with Crippen molar-refractivity contribution >= 4 is 5.82 Å². The summed E-state index contributed by atoms with van der Waals surface area (Å²) in [5.41, 5.74) is 8.36. The second kappa shape index (κ2) is 2.96. The molecule has 0 spiro atoms. The Morgan fingerprint density at radius 3 is 3.07 bits per heavy atom. The molecule has 5 nitrogen and oxygen atoms in total. The minimum absolute atomic E-state index is 0.404. The molecule has 3 heterocycles. The number of rotatable bonds is 1. The number of hydrogen-bond donors (Lipinski definition) is 2. The van der Waals surface area contributed by atoms with Crippen molar-refractivity contribution in [1.82, 2.24) is 15.1 Å². The molecule has 5 heteroatoms. The van der Waals surface area contributed by atoms with E-state index in [0.717, 1.165) is 32.7 Å². The van der Waals surface area contributed by atoms with Crippen molar-refractivity contribution in [3.05, 3.63) is 11.3 Å². The number of fused-ring (bicyclic) bond motifs is 1. The zero-order valence-electron chi connectivity index (χ0n) is 7.99. The van der Waals surface area contributed by atoms with Crippen LogP contribution in [0.1, 0.15) is 17.3 Å². The van der Waals surface area contributed by atoms with Crippen molar-refractivity contribution in [3.63, 3.8) is 0 Å². The number of hydrogen-bond acceptors (Lipinski definition) is 4. The maximum absolute atomic E-state index is 5.88. The average Bonchev–Trinajstić information content (AvgIpc) is 2.43. The quantitative estimate of drug-likeness (QED) is 0.643. The molecule has 2 aliphatic heterocycles. The molecule has 3 N–H and O–H groups in total. The van der Waals surface area contributed by atoms with E-state index < -0.39 is 0 Å². The number of anilines is 1. The summed E-state index contributed by atoms with van der Waals surface area (Å²) in [4.78, 5) is 0. The van der Waals surface area contributed by atoms with Crippen molar-refractivity contribution in [2.45, 2.75) is 19.0 Å². The van der Waals surface area contributed by atoms with Gasteiger partial charge >= 0.3 is 0 Å². The fourth-order valence-corrected chi connectivity index (χ4v) is 2.07. The van der Waals surface area contributed by atoms with Crippen molar-refractivity contribution in [2.24, 2.45) is 0 Å². The average molecular weight is 194 g/mol. The summed E-state index contributed by atoms with van der Waals surface area (Å²) in [5.74, 6) is 0.702. The summed E-state index contributed by atoms with van der Waals surface area (Å²) < 4.78 is 7.21. The first kappa shape index (κ1) is 8.26. The van der Waals surface area contributed by atoms with Gasteiger partial charge in [0.25, 0.3) is 0 Å². The van der Waals surface area contributed by atoms with E-state index in [0.29, 0.717) is 11.9 Å². The van der Waals surface area contributed by atoms with E-state index in [2.05, 4.69) is 10.4 Å². The Labute approximate surface area is 82.2 Å². The number of ether oxygens (including phenoxy) is 1.